The van der Waals surface area contributed by atoms with Gasteiger partial charge in [0, 0.05) is 11.8 Å². The quantitative estimate of drug-likeness (QED) is 0.197. The minimum atomic E-state index is -3.83. The van der Waals surface area contributed by atoms with Crippen molar-refractivity contribution in [2.45, 2.75) is 5.16 Å². The molecule has 6 heteroatoms. The minimum absolute atomic E-state index is 0.0926. The van der Waals surface area contributed by atoms with E-state index in [-0.39, 0.29) is 25.0 Å². The fraction of sp³-hybridized carbons (Fsp3) is 0.217. The highest BCUT2D eigenvalue weighted by Crippen LogP contribution is 2.70. The first-order chi connectivity index (χ1) is 14.2. The molecular formula is C23H23Cl2O3P. The number of benzene rings is 3. The van der Waals surface area contributed by atoms with Gasteiger partial charge in [0.05, 0.1) is 13.2 Å². The van der Waals surface area contributed by atoms with E-state index >= 15 is 0 Å². The van der Waals surface area contributed by atoms with Gasteiger partial charge >= 0.3 is 7.60 Å². The van der Waals surface area contributed by atoms with E-state index < -0.39 is 12.8 Å². The molecule has 0 fully saturated rings. The number of hydrogen-bond acceptors (Lipinski definition) is 3. The van der Waals surface area contributed by atoms with E-state index in [1.54, 1.807) is 0 Å². The summed E-state index contributed by atoms with van der Waals surface area (Å²) in [6, 6.07) is 29.0. The van der Waals surface area contributed by atoms with Crippen molar-refractivity contribution < 1.29 is 13.6 Å². The van der Waals surface area contributed by atoms with Gasteiger partial charge in [-0.25, -0.2) is 0 Å². The maximum absolute atomic E-state index is 14.6. The van der Waals surface area contributed by atoms with E-state index in [1.165, 1.54) is 0 Å². The molecule has 0 amide bonds. The molecule has 0 aliphatic heterocycles. The third-order valence-electron chi connectivity index (χ3n) is 4.66. The van der Waals surface area contributed by atoms with Crippen LogP contribution in [0.5, 0.6) is 0 Å². The van der Waals surface area contributed by atoms with Crippen LogP contribution in [0.4, 0.5) is 0 Å². The lowest BCUT2D eigenvalue weighted by atomic mass is 9.84. The molecule has 3 nitrogen and oxygen atoms in total. The van der Waals surface area contributed by atoms with E-state index in [0.717, 1.165) is 16.7 Å². The molecule has 152 valence electrons. The summed E-state index contributed by atoms with van der Waals surface area (Å²) in [4.78, 5) is 0. The van der Waals surface area contributed by atoms with Crippen molar-refractivity contribution >= 4 is 30.8 Å². The Labute approximate surface area is 182 Å². The standard InChI is InChI=1S/C23H23Cl2O3P/c24-16-18-27-29(26,28-19-17-25)23(20-10-4-1-5-11-20,21-12-6-2-7-13-21)22-14-8-3-9-15-22/h1-15H,16-19H2. The van der Waals surface area contributed by atoms with Crippen molar-refractivity contribution in [3.8, 4) is 0 Å². The number of hydrogen-bond donors (Lipinski definition) is 0. The molecule has 0 bridgehead atoms. The van der Waals surface area contributed by atoms with Crippen LogP contribution in [-0.4, -0.2) is 25.0 Å². The average Bonchev–Trinajstić information content (AvgIpc) is 2.79. The lowest BCUT2D eigenvalue weighted by Gasteiger charge is -2.40. The Morgan fingerprint density at radius 3 is 1.21 bits per heavy atom. The minimum Gasteiger partial charge on any atom is -0.306 e. The Bertz CT molecular complexity index is 812. The molecule has 3 rings (SSSR count). The van der Waals surface area contributed by atoms with Gasteiger partial charge in [0.2, 0.25) is 0 Å². The van der Waals surface area contributed by atoms with Crippen LogP contribution >= 0.6 is 30.8 Å². The van der Waals surface area contributed by atoms with E-state index in [2.05, 4.69) is 0 Å². The zero-order valence-corrected chi connectivity index (χ0v) is 18.3. The van der Waals surface area contributed by atoms with Crippen molar-refractivity contribution in [3.63, 3.8) is 0 Å². The molecule has 3 aromatic carbocycles. The van der Waals surface area contributed by atoms with Gasteiger partial charge in [0.1, 0.15) is 5.16 Å². The first-order valence-corrected chi connectivity index (χ1v) is 12.0. The molecule has 3 aromatic rings. The van der Waals surface area contributed by atoms with E-state index in [4.69, 9.17) is 32.2 Å². The normalized spacial score (nSPS) is 12.1. The van der Waals surface area contributed by atoms with Gasteiger partial charge in [-0.15, -0.1) is 23.2 Å². The number of alkyl halides is 2. The summed E-state index contributed by atoms with van der Waals surface area (Å²) >= 11 is 11.8. The molecule has 0 unspecified atom stereocenters. The molecule has 0 atom stereocenters. The number of halogens is 2. The van der Waals surface area contributed by atoms with Gasteiger partial charge in [-0.3, -0.25) is 4.57 Å². The van der Waals surface area contributed by atoms with Crippen LogP contribution < -0.4 is 0 Å². The highest BCUT2D eigenvalue weighted by molar-refractivity contribution is 7.55. The predicted molar refractivity (Wildman–Crippen MR) is 120 cm³/mol. The van der Waals surface area contributed by atoms with E-state index in [1.807, 2.05) is 91.0 Å². The molecule has 0 aliphatic rings. The zero-order valence-electron chi connectivity index (χ0n) is 15.9. The molecule has 0 saturated heterocycles. The highest BCUT2D eigenvalue weighted by atomic mass is 35.5. The molecular weight excluding hydrogens is 426 g/mol. The van der Waals surface area contributed by atoms with Crippen LogP contribution in [0.1, 0.15) is 16.7 Å². The molecule has 29 heavy (non-hydrogen) atoms. The van der Waals surface area contributed by atoms with Crippen LogP contribution in [0.25, 0.3) is 0 Å². The fourth-order valence-corrected chi connectivity index (χ4v) is 6.44. The second kappa shape index (κ2) is 10.4. The Hall–Kier alpha value is -1.61. The van der Waals surface area contributed by atoms with E-state index in [9.17, 15) is 4.57 Å². The maximum atomic E-state index is 14.6. The second-order valence-electron chi connectivity index (χ2n) is 6.35. The molecule has 0 aromatic heterocycles. The molecule has 0 radical (unpaired) electrons. The third-order valence-corrected chi connectivity index (χ3v) is 7.61. The van der Waals surface area contributed by atoms with Gasteiger partial charge in [-0.05, 0) is 16.7 Å². The Morgan fingerprint density at radius 2 is 0.931 bits per heavy atom. The molecule has 0 spiro atoms. The first kappa shape index (κ1) is 22.1. The summed E-state index contributed by atoms with van der Waals surface area (Å²) in [7, 11) is -3.83. The monoisotopic (exact) mass is 448 g/mol. The van der Waals surface area contributed by atoms with Crippen molar-refractivity contribution in [2.75, 3.05) is 25.0 Å². The lowest BCUT2D eigenvalue weighted by molar-refractivity contribution is 0.208. The summed E-state index contributed by atoms with van der Waals surface area (Å²) in [5, 5.41) is -1.17. The van der Waals surface area contributed by atoms with Gasteiger partial charge in [0.15, 0.2) is 0 Å². The maximum Gasteiger partial charge on any atom is 0.350 e. The summed E-state index contributed by atoms with van der Waals surface area (Å²) in [5.74, 6) is 0.394. The smallest absolute Gasteiger partial charge is 0.306 e. The lowest BCUT2D eigenvalue weighted by Crippen LogP contribution is -2.32. The van der Waals surface area contributed by atoms with Gasteiger partial charge in [-0.1, -0.05) is 91.0 Å². The molecule has 0 aliphatic carbocycles. The van der Waals surface area contributed by atoms with Crippen molar-refractivity contribution in [2.24, 2.45) is 0 Å². The van der Waals surface area contributed by atoms with Crippen LogP contribution in [0.3, 0.4) is 0 Å². The summed E-state index contributed by atoms with van der Waals surface area (Å²) < 4.78 is 26.5. The summed E-state index contributed by atoms with van der Waals surface area (Å²) in [6.45, 7) is 0.185. The van der Waals surface area contributed by atoms with Gasteiger partial charge in [0.25, 0.3) is 0 Å². The van der Waals surface area contributed by atoms with E-state index in [0.29, 0.717) is 0 Å². The highest BCUT2D eigenvalue weighted by Gasteiger charge is 2.55. The summed E-state index contributed by atoms with van der Waals surface area (Å²) in [6.07, 6.45) is 0. The molecule has 0 saturated carbocycles. The van der Waals surface area contributed by atoms with Crippen LogP contribution in [0.2, 0.25) is 0 Å². The SMILES string of the molecule is O=P(OCCCl)(OCCCl)C(c1ccccc1)(c1ccccc1)c1ccccc1. The fourth-order valence-electron chi connectivity index (χ4n) is 3.55. The summed E-state index contributed by atoms with van der Waals surface area (Å²) in [5.41, 5.74) is 2.43. The Balaban J connectivity index is 2.39. The van der Waals surface area contributed by atoms with Gasteiger partial charge < -0.3 is 9.05 Å². The van der Waals surface area contributed by atoms with Crippen LogP contribution in [0.15, 0.2) is 91.0 Å². The predicted octanol–water partition coefficient (Wildman–Crippen LogP) is 6.68. The van der Waals surface area contributed by atoms with Gasteiger partial charge in [-0.2, -0.15) is 0 Å². The van der Waals surface area contributed by atoms with Crippen molar-refractivity contribution in [1.82, 2.24) is 0 Å². The first-order valence-electron chi connectivity index (χ1n) is 9.37. The second-order valence-corrected chi connectivity index (χ2v) is 9.29. The zero-order chi connectivity index (χ0) is 20.6. The van der Waals surface area contributed by atoms with Crippen molar-refractivity contribution in [3.05, 3.63) is 108 Å². The Kier molecular flexibility index (Phi) is 7.94. The van der Waals surface area contributed by atoms with Crippen molar-refractivity contribution in [1.29, 1.82) is 0 Å². The van der Waals surface area contributed by atoms with Crippen LogP contribution in [0, 0.1) is 0 Å². The van der Waals surface area contributed by atoms with Crippen LogP contribution in [-0.2, 0) is 18.8 Å². The molecule has 0 heterocycles. The third kappa shape index (κ3) is 4.45. The number of rotatable bonds is 10. The topological polar surface area (TPSA) is 35.5 Å². The largest absolute Gasteiger partial charge is 0.350 e. The average molecular weight is 449 g/mol. The molecule has 0 N–H and O–H groups in total. The Morgan fingerprint density at radius 1 is 0.621 bits per heavy atom.